The second kappa shape index (κ2) is 8.30. The Morgan fingerprint density at radius 1 is 1.12 bits per heavy atom. The first-order chi connectivity index (χ1) is 12.2. The summed E-state index contributed by atoms with van der Waals surface area (Å²) in [5, 5.41) is 4.74. The van der Waals surface area contributed by atoms with Crippen molar-refractivity contribution in [1.82, 2.24) is 4.90 Å². The van der Waals surface area contributed by atoms with Crippen LogP contribution in [-0.2, 0) is 0 Å². The largest absolute Gasteiger partial charge is 0.336 e. The van der Waals surface area contributed by atoms with E-state index in [1.165, 1.54) is 30.6 Å². The first kappa shape index (κ1) is 17.7. The van der Waals surface area contributed by atoms with E-state index < -0.39 is 0 Å². The van der Waals surface area contributed by atoms with Gasteiger partial charge in [-0.3, -0.25) is 9.59 Å². The number of hydrogen-bond donors (Lipinski definition) is 1. The maximum Gasteiger partial charge on any atom is 0.265 e. The lowest BCUT2D eigenvalue weighted by molar-refractivity contribution is 0.0648. The zero-order valence-corrected chi connectivity index (χ0v) is 15.3. The van der Waals surface area contributed by atoms with Crippen LogP contribution < -0.4 is 5.32 Å². The minimum atomic E-state index is -0.119. The minimum Gasteiger partial charge on any atom is -0.336 e. The number of nitrogens with zero attached hydrogens (tertiary/aromatic N) is 1. The van der Waals surface area contributed by atoms with Crippen LogP contribution in [0.4, 0.5) is 5.69 Å². The van der Waals surface area contributed by atoms with E-state index in [1.54, 1.807) is 30.3 Å². The van der Waals surface area contributed by atoms with Crippen LogP contribution in [0, 0.1) is 0 Å². The third kappa shape index (κ3) is 4.28. The molecule has 1 saturated carbocycles. The lowest BCUT2D eigenvalue weighted by Gasteiger charge is -2.33. The Morgan fingerprint density at radius 2 is 1.84 bits per heavy atom. The molecule has 0 radical (unpaired) electrons. The lowest BCUT2D eigenvalue weighted by atomic mass is 9.93. The van der Waals surface area contributed by atoms with E-state index in [0.717, 1.165) is 19.4 Å². The molecule has 1 aliphatic carbocycles. The summed E-state index contributed by atoms with van der Waals surface area (Å²) in [7, 11) is 0. The summed E-state index contributed by atoms with van der Waals surface area (Å²) >= 11 is 1.41. The van der Waals surface area contributed by atoms with Gasteiger partial charge in [0.15, 0.2) is 0 Å². The molecule has 1 aromatic heterocycles. The van der Waals surface area contributed by atoms with E-state index in [9.17, 15) is 9.59 Å². The molecule has 2 aromatic rings. The average molecular weight is 356 g/mol. The molecule has 4 nitrogen and oxygen atoms in total. The molecule has 0 bridgehead atoms. The number of nitrogens with one attached hydrogen (secondary N) is 1. The van der Waals surface area contributed by atoms with E-state index in [0.29, 0.717) is 22.2 Å². The van der Waals surface area contributed by atoms with Crippen LogP contribution in [0.3, 0.4) is 0 Å². The highest BCUT2D eigenvalue weighted by Crippen LogP contribution is 2.24. The van der Waals surface area contributed by atoms with Crippen LogP contribution in [-0.4, -0.2) is 29.3 Å². The SMILES string of the molecule is CCN(C(=O)c1ccc(NC(=O)c2cccs2)cc1)C1CCCCC1. The average Bonchev–Trinajstić information content (AvgIpc) is 3.19. The first-order valence-electron chi connectivity index (χ1n) is 8.95. The van der Waals surface area contributed by atoms with Crippen LogP contribution in [0.5, 0.6) is 0 Å². The van der Waals surface area contributed by atoms with Gasteiger partial charge in [0.25, 0.3) is 11.8 Å². The van der Waals surface area contributed by atoms with Gasteiger partial charge in [-0.05, 0) is 55.5 Å². The molecule has 0 spiro atoms. The molecular weight excluding hydrogens is 332 g/mol. The number of amides is 2. The van der Waals surface area contributed by atoms with E-state index in [4.69, 9.17) is 0 Å². The molecule has 1 N–H and O–H groups in total. The third-order valence-electron chi connectivity index (χ3n) is 4.75. The van der Waals surface area contributed by atoms with E-state index in [-0.39, 0.29) is 11.8 Å². The smallest absolute Gasteiger partial charge is 0.265 e. The Kier molecular flexibility index (Phi) is 5.87. The van der Waals surface area contributed by atoms with Crippen LogP contribution in [0.1, 0.15) is 59.1 Å². The number of thiophene rings is 1. The number of hydrogen-bond acceptors (Lipinski definition) is 3. The monoisotopic (exact) mass is 356 g/mol. The second-order valence-corrected chi connectivity index (χ2v) is 7.34. The molecule has 5 heteroatoms. The van der Waals surface area contributed by atoms with Crippen LogP contribution in [0.25, 0.3) is 0 Å². The lowest BCUT2D eigenvalue weighted by Crippen LogP contribution is -2.41. The van der Waals surface area contributed by atoms with E-state index in [2.05, 4.69) is 5.32 Å². The van der Waals surface area contributed by atoms with Crippen molar-refractivity contribution in [3.05, 3.63) is 52.2 Å². The minimum absolute atomic E-state index is 0.0885. The number of rotatable bonds is 5. The maximum atomic E-state index is 12.8. The standard InChI is InChI=1S/C20H24N2O2S/c1-2-22(17-7-4-3-5-8-17)20(24)15-10-12-16(13-11-15)21-19(23)18-9-6-14-25-18/h6,9-14,17H,2-5,7-8H2,1H3,(H,21,23). The van der Waals surface area contributed by atoms with Crippen LogP contribution in [0.15, 0.2) is 41.8 Å². The van der Waals surface area contributed by atoms with Gasteiger partial charge in [-0.2, -0.15) is 0 Å². The molecule has 1 aromatic carbocycles. The highest BCUT2D eigenvalue weighted by atomic mass is 32.1. The predicted molar refractivity (Wildman–Crippen MR) is 102 cm³/mol. The normalized spacial score (nSPS) is 14.9. The molecule has 0 atom stereocenters. The van der Waals surface area contributed by atoms with Gasteiger partial charge >= 0.3 is 0 Å². The van der Waals surface area contributed by atoms with Gasteiger partial charge in [0.05, 0.1) is 4.88 Å². The molecule has 0 unspecified atom stereocenters. The highest BCUT2D eigenvalue weighted by molar-refractivity contribution is 7.12. The van der Waals surface area contributed by atoms with E-state index in [1.807, 2.05) is 23.3 Å². The topological polar surface area (TPSA) is 49.4 Å². The fourth-order valence-electron chi connectivity index (χ4n) is 3.42. The van der Waals surface area contributed by atoms with Crippen molar-refractivity contribution in [2.24, 2.45) is 0 Å². The molecule has 25 heavy (non-hydrogen) atoms. The molecular formula is C20H24N2O2S. The van der Waals surface area contributed by atoms with Crippen molar-refractivity contribution in [1.29, 1.82) is 0 Å². The quantitative estimate of drug-likeness (QED) is 0.837. The summed E-state index contributed by atoms with van der Waals surface area (Å²) in [5.74, 6) is -0.0306. The van der Waals surface area contributed by atoms with Crippen molar-refractivity contribution in [2.75, 3.05) is 11.9 Å². The molecule has 1 heterocycles. The van der Waals surface area contributed by atoms with Gasteiger partial charge in [-0.1, -0.05) is 25.3 Å². The number of anilines is 1. The van der Waals surface area contributed by atoms with Crippen LogP contribution >= 0.6 is 11.3 Å². The molecule has 0 aliphatic heterocycles. The zero-order chi connectivity index (χ0) is 17.6. The molecule has 1 fully saturated rings. The highest BCUT2D eigenvalue weighted by Gasteiger charge is 2.24. The predicted octanol–water partition coefficient (Wildman–Crippen LogP) is 4.80. The first-order valence-corrected chi connectivity index (χ1v) is 9.83. The Labute approximate surface area is 152 Å². The van der Waals surface area contributed by atoms with Crippen molar-refractivity contribution >= 4 is 28.8 Å². The summed E-state index contributed by atoms with van der Waals surface area (Å²) < 4.78 is 0. The summed E-state index contributed by atoms with van der Waals surface area (Å²) in [6.45, 7) is 2.78. The zero-order valence-electron chi connectivity index (χ0n) is 14.5. The molecule has 3 rings (SSSR count). The fourth-order valence-corrected chi connectivity index (χ4v) is 4.04. The van der Waals surface area contributed by atoms with E-state index >= 15 is 0 Å². The van der Waals surface area contributed by atoms with Gasteiger partial charge in [-0.25, -0.2) is 0 Å². The van der Waals surface area contributed by atoms with Crippen molar-refractivity contribution in [2.45, 2.75) is 45.1 Å². The molecule has 1 aliphatic rings. The molecule has 132 valence electrons. The summed E-state index contributed by atoms with van der Waals surface area (Å²) in [4.78, 5) is 27.6. The Morgan fingerprint density at radius 3 is 2.44 bits per heavy atom. The Bertz CT molecular complexity index is 704. The second-order valence-electron chi connectivity index (χ2n) is 6.39. The van der Waals surface area contributed by atoms with Gasteiger partial charge in [0.2, 0.25) is 0 Å². The summed E-state index contributed by atoms with van der Waals surface area (Å²) in [5.41, 5.74) is 1.39. The van der Waals surface area contributed by atoms with Crippen LogP contribution in [0.2, 0.25) is 0 Å². The van der Waals surface area contributed by atoms with Gasteiger partial charge in [0, 0.05) is 23.8 Å². The Hall–Kier alpha value is -2.14. The molecule has 2 amide bonds. The number of carbonyl (C=O) groups is 2. The van der Waals surface area contributed by atoms with Crippen molar-refractivity contribution in [3.8, 4) is 0 Å². The van der Waals surface area contributed by atoms with Gasteiger partial charge in [-0.15, -0.1) is 11.3 Å². The van der Waals surface area contributed by atoms with Gasteiger partial charge in [0.1, 0.15) is 0 Å². The number of carbonyl (C=O) groups excluding carboxylic acids is 2. The van der Waals surface area contributed by atoms with Crippen molar-refractivity contribution < 1.29 is 9.59 Å². The third-order valence-corrected chi connectivity index (χ3v) is 5.62. The maximum absolute atomic E-state index is 12.8. The Balaban J connectivity index is 1.66. The van der Waals surface area contributed by atoms with Crippen molar-refractivity contribution in [3.63, 3.8) is 0 Å². The summed E-state index contributed by atoms with van der Waals surface area (Å²) in [6.07, 6.45) is 5.91. The fraction of sp³-hybridized carbons (Fsp3) is 0.400. The summed E-state index contributed by atoms with van der Waals surface area (Å²) in [6, 6.07) is 11.2. The van der Waals surface area contributed by atoms with Gasteiger partial charge < -0.3 is 10.2 Å². The molecule has 0 saturated heterocycles. The number of benzene rings is 1.